The van der Waals surface area contributed by atoms with Crippen LogP contribution in [0.1, 0.15) is 21.6 Å². The minimum atomic E-state index is -0.298. The molecule has 2 heterocycles. The van der Waals surface area contributed by atoms with Gasteiger partial charge in [-0.25, -0.2) is 0 Å². The maximum Gasteiger partial charge on any atom is 0.255 e. The number of aromatic amines is 1. The zero-order chi connectivity index (χ0) is 13.9. The molecule has 5 heteroatoms. The molecule has 1 aliphatic heterocycles. The Morgan fingerprint density at radius 3 is 2.85 bits per heavy atom. The summed E-state index contributed by atoms with van der Waals surface area (Å²) in [5, 5.41) is 2.64. The fraction of sp³-hybridized carbons (Fsp3) is 0.200. The molecule has 2 aromatic rings. The molecule has 0 fully saturated rings. The highest BCUT2D eigenvalue weighted by Crippen LogP contribution is 2.13. The number of fused-ring (bicyclic) bond motifs is 1. The van der Waals surface area contributed by atoms with E-state index in [4.69, 9.17) is 4.74 Å². The van der Waals surface area contributed by atoms with Gasteiger partial charge in [0.2, 0.25) is 5.43 Å². The predicted molar refractivity (Wildman–Crippen MR) is 74.8 cm³/mol. The summed E-state index contributed by atoms with van der Waals surface area (Å²) in [6.07, 6.45) is 2.24. The SMILES string of the molecule is O=C(Nc1c[nH]c2c(c1=O)COCC2)c1ccccc1. The summed E-state index contributed by atoms with van der Waals surface area (Å²) in [5.74, 6) is -0.298. The monoisotopic (exact) mass is 270 g/mol. The number of anilines is 1. The number of ether oxygens (including phenoxy) is 1. The molecular formula is C15H14N2O3. The molecular weight excluding hydrogens is 256 g/mol. The Kier molecular flexibility index (Phi) is 3.35. The van der Waals surface area contributed by atoms with Gasteiger partial charge < -0.3 is 15.0 Å². The number of hydrogen-bond acceptors (Lipinski definition) is 3. The molecule has 20 heavy (non-hydrogen) atoms. The molecule has 0 saturated carbocycles. The second kappa shape index (κ2) is 5.30. The van der Waals surface area contributed by atoms with E-state index in [0.717, 1.165) is 5.69 Å². The van der Waals surface area contributed by atoms with E-state index in [0.29, 0.717) is 30.8 Å². The molecule has 0 unspecified atom stereocenters. The first kappa shape index (κ1) is 12.6. The molecule has 0 atom stereocenters. The summed E-state index contributed by atoms with van der Waals surface area (Å²) in [6.45, 7) is 0.901. The van der Waals surface area contributed by atoms with E-state index in [1.807, 2.05) is 6.07 Å². The van der Waals surface area contributed by atoms with E-state index < -0.39 is 0 Å². The van der Waals surface area contributed by atoms with Crippen LogP contribution >= 0.6 is 0 Å². The van der Waals surface area contributed by atoms with Crippen molar-refractivity contribution in [1.82, 2.24) is 4.98 Å². The number of rotatable bonds is 2. The Balaban J connectivity index is 1.89. The summed E-state index contributed by atoms with van der Waals surface area (Å²) in [5.41, 5.74) is 2.08. The quantitative estimate of drug-likeness (QED) is 0.872. The molecule has 1 aromatic heterocycles. The first-order valence-corrected chi connectivity index (χ1v) is 6.43. The highest BCUT2D eigenvalue weighted by Gasteiger charge is 2.17. The summed E-state index contributed by atoms with van der Waals surface area (Å²) in [6, 6.07) is 8.79. The third-order valence-corrected chi connectivity index (χ3v) is 3.30. The number of aromatic nitrogens is 1. The number of hydrogen-bond donors (Lipinski definition) is 2. The van der Waals surface area contributed by atoms with Crippen molar-refractivity contribution in [3.05, 3.63) is 63.6 Å². The van der Waals surface area contributed by atoms with Crippen molar-refractivity contribution in [2.24, 2.45) is 0 Å². The highest BCUT2D eigenvalue weighted by atomic mass is 16.5. The molecule has 1 aromatic carbocycles. The molecule has 1 aliphatic rings. The van der Waals surface area contributed by atoms with Crippen LogP contribution in [0.2, 0.25) is 0 Å². The van der Waals surface area contributed by atoms with Gasteiger partial charge in [0.05, 0.1) is 13.2 Å². The van der Waals surface area contributed by atoms with Crippen LogP contribution in [0.15, 0.2) is 41.3 Å². The number of H-pyrrole nitrogens is 1. The van der Waals surface area contributed by atoms with Gasteiger partial charge in [0.15, 0.2) is 0 Å². The normalized spacial score (nSPS) is 13.6. The second-order valence-corrected chi connectivity index (χ2v) is 4.61. The van der Waals surface area contributed by atoms with Gasteiger partial charge in [-0.2, -0.15) is 0 Å². The lowest BCUT2D eigenvalue weighted by Gasteiger charge is -2.16. The van der Waals surface area contributed by atoms with Crippen LogP contribution in [0.5, 0.6) is 0 Å². The predicted octanol–water partition coefficient (Wildman–Crippen LogP) is 1.70. The summed E-state index contributed by atoms with van der Waals surface area (Å²) in [7, 11) is 0. The van der Waals surface area contributed by atoms with Crippen molar-refractivity contribution < 1.29 is 9.53 Å². The van der Waals surface area contributed by atoms with Crippen molar-refractivity contribution >= 4 is 11.6 Å². The Hall–Kier alpha value is -2.40. The lowest BCUT2D eigenvalue weighted by molar-refractivity contribution is 0.102. The highest BCUT2D eigenvalue weighted by molar-refractivity contribution is 6.04. The third-order valence-electron chi connectivity index (χ3n) is 3.30. The van der Waals surface area contributed by atoms with Gasteiger partial charge in [-0.1, -0.05) is 18.2 Å². The molecule has 0 saturated heterocycles. The van der Waals surface area contributed by atoms with Gasteiger partial charge in [0, 0.05) is 29.4 Å². The topological polar surface area (TPSA) is 71.2 Å². The molecule has 2 N–H and O–H groups in total. The Morgan fingerprint density at radius 1 is 1.25 bits per heavy atom. The number of amides is 1. The molecule has 0 aliphatic carbocycles. The van der Waals surface area contributed by atoms with E-state index in [-0.39, 0.29) is 17.0 Å². The van der Waals surface area contributed by atoms with Crippen molar-refractivity contribution in [1.29, 1.82) is 0 Å². The van der Waals surface area contributed by atoms with E-state index in [2.05, 4.69) is 10.3 Å². The van der Waals surface area contributed by atoms with Crippen LogP contribution in [-0.2, 0) is 17.8 Å². The lowest BCUT2D eigenvalue weighted by atomic mass is 10.1. The maximum atomic E-state index is 12.3. The molecule has 1 amide bonds. The Labute approximate surface area is 115 Å². The summed E-state index contributed by atoms with van der Waals surface area (Å²) < 4.78 is 5.29. The third kappa shape index (κ3) is 2.35. The Bertz CT molecular complexity index is 692. The van der Waals surface area contributed by atoms with Gasteiger partial charge >= 0.3 is 0 Å². The van der Waals surface area contributed by atoms with Gasteiger partial charge in [-0.05, 0) is 12.1 Å². The van der Waals surface area contributed by atoms with Gasteiger partial charge in [-0.15, -0.1) is 0 Å². The smallest absolute Gasteiger partial charge is 0.255 e. The zero-order valence-electron chi connectivity index (χ0n) is 10.8. The van der Waals surface area contributed by atoms with Crippen molar-refractivity contribution in [3.8, 4) is 0 Å². The number of carbonyl (C=O) groups is 1. The number of nitrogens with one attached hydrogen (secondary N) is 2. The first-order chi connectivity index (χ1) is 9.75. The van der Waals surface area contributed by atoms with Crippen LogP contribution in [0.4, 0.5) is 5.69 Å². The van der Waals surface area contributed by atoms with E-state index >= 15 is 0 Å². The minimum absolute atomic E-state index is 0.178. The van der Waals surface area contributed by atoms with Crippen LogP contribution in [0.3, 0.4) is 0 Å². The second-order valence-electron chi connectivity index (χ2n) is 4.61. The molecule has 0 radical (unpaired) electrons. The molecule has 0 spiro atoms. The number of carbonyl (C=O) groups excluding carboxylic acids is 1. The van der Waals surface area contributed by atoms with Crippen molar-refractivity contribution in [3.63, 3.8) is 0 Å². The van der Waals surface area contributed by atoms with E-state index in [1.54, 1.807) is 30.5 Å². The minimum Gasteiger partial charge on any atom is -0.376 e. The Morgan fingerprint density at radius 2 is 2.05 bits per heavy atom. The van der Waals surface area contributed by atoms with E-state index in [1.165, 1.54) is 0 Å². The number of benzene rings is 1. The average molecular weight is 270 g/mol. The molecule has 102 valence electrons. The lowest BCUT2D eigenvalue weighted by Crippen LogP contribution is -2.25. The van der Waals surface area contributed by atoms with Crippen molar-refractivity contribution in [2.45, 2.75) is 13.0 Å². The van der Waals surface area contributed by atoms with Gasteiger partial charge in [0.25, 0.3) is 5.91 Å². The van der Waals surface area contributed by atoms with Crippen LogP contribution in [-0.4, -0.2) is 17.5 Å². The maximum absolute atomic E-state index is 12.3. The fourth-order valence-electron chi connectivity index (χ4n) is 2.21. The van der Waals surface area contributed by atoms with Crippen LogP contribution < -0.4 is 10.7 Å². The average Bonchev–Trinajstić information content (AvgIpc) is 2.51. The summed E-state index contributed by atoms with van der Waals surface area (Å²) in [4.78, 5) is 27.4. The summed E-state index contributed by atoms with van der Waals surface area (Å²) >= 11 is 0. The van der Waals surface area contributed by atoms with Gasteiger partial charge in [0.1, 0.15) is 5.69 Å². The zero-order valence-corrected chi connectivity index (χ0v) is 10.8. The molecule has 0 bridgehead atoms. The van der Waals surface area contributed by atoms with Crippen LogP contribution in [0.25, 0.3) is 0 Å². The standard InChI is InChI=1S/C15H14N2O3/c18-14-11-9-20-7-6-12(11)16-8-13(14)17-15(19)10-4-2-1-3-5-10/h1-5,8H,6-7,9H2,(H,16,18)(H,17,19). The molecule has 3 rings (SSSR count). The van der Waals surface area contributed by atoms with Gasteiger partial charge in [-0.3, -0.25) is 9.59 Å². The van der Waals surface area contributed by atoms with Crippen molar-refractivity contribution in [2.75, 3.05) is 11.9 Å². The van der Waals surface area contributed by atoms with Crippen LogP contribution in [0, 0.1) is 0 Å². The number of pyridine rings is 1. The largest absolute Gasteiger partial charge is 0.376 e. The molecule has 5 nitrogen and oxygen atoms in total. The fourth-order valence-corrected chi connectivity index (χ4v) is 2.21. The first-order valence-electron chi connectivity index (χ1n) is 6.43. The van der Waals surface area contributed by atoms with E-state index in [9.17, 15) is 9.59 Å².